The van der Waals surface area contributed by atoms with Crippen LogP contribution < -0.4 is 5.32 Å². The molecule has 0 radical (unpaired) electrons. The van der Waals surface area contributed by atoms with Crippen LogP contribution in [-0.4, -0.2) is 18.1 Å². The number of thioether (sulfide) groups is 1. The molecule has 2 nitrogen and oxygen atoms in total. The zero-order valence-corrected chi connectivity index (χ0v) is 19.0. The van der Waals surface area contributed by atoms with E-state index in [9.17, 15) is 13.2 Å². The predicted octanol–water partition coefficient (Wildman–Crippen LogP) is 6.88. The first-order valence-electron chi connectivity index (χ1n) is 9.17. The average molecular weight is 491 g/mol. The lowest BCUT2D eigenvalue weighted by molar-refractivity contribution is -0.137. The highest BCUT2D eigenvalue weighted by Gasteiger charge is 2.30. The molecule has 1 aliphatic heterocycles. The van der Waals surface area contributed by atoms with Gasteiger partial charge in [-0.05, 0) is 55.3 Å². The number of nitrogens with one attached hydrogen (secondary N) is 1. The van der Waals surface area contributed by atoms with Crippen LogP contribution in [0, 0.1) is 0 Å². The Hall–Kier alpha value is -1.25. The maximum Gasteiger partial charge on any atom is 0.416 e. The van der Waals surface area contributed by atoms with E-state index in [0.29, 0.717) is 11.3 Å². The zero-order chi connectivity index (χ0) is 20.4. The lowest BCUT2D eigenvalue weighted by Gasteiger charge is -2.13. The summed E-state index contributed by atoms with van der Waals surface area (Å²) in [6.07, 6.45) is -2.38. The van der Waals surface area contributed by atoms with Crippen molar-refractivity contribution in [3.63, 3.8) is 0 Å². The van der Waals surface area contributed by atoms with Gasteiger partial charge in [0.1, 0.15) is 5.01 Å². The second kappa shape index (κ2) is 9.92. The number of hydrogen-bond donors (Lipinski definition) is 1. The number of rotatable bonds is 4. The van der Waals surface area contributed by atoms with Crippen molar-refractivity contribution in [3.05, 3.63) is 69.2 Å². The molecule has 160 valence electrons. The number of thiazole rings is 1. The summed E-state index contributed by atoms with van der Waals surface area (Å²) < 4.78 is 38.2. The number of aromatic nitrogens is 1. The molecule has 1 aromatic heterocycles. The quantitative estimate of drug-likeness (QED) is 0.403. The largest absolute Gasteiger partial charge is 0.416 e. The molecule has 0 atom stereocenters. The average Bonchev–Trinajstić information content (AvgIpc) is 3.04. The molecule has 0 fully saturated rings. The highest BCUT2D eigenvalue weighted by atomic mass is 35.5. The summed E-state index contributed by atoms with van der Waals surface area (Å²) in [5, 5.41) is 6.85. The van der Waals surface area contributed by atoms with E-state index in [1.54, 1.807) is 11.8 Å². The second-order valence-electron chi connectivity index (χ2n) is 6.77. The summed E-state index contributed by atoms with van der Waals surface area (Å²) in [6, 6.07) is 9.21. The van der Waals surface area contributed by atoms with E-state index >= 15 is 0 Å². The molecule has 0 bridgehead atoms. The molecule has 0 aliphatic carbocycles. The lowest BCUT2D eigenvalue weighted by Crippen LogP contribution is -2.16. The summed E-state index contributed by atoms with van der Waals surface area (Å²) in [6.45, 7) is 1.91. The van der Waals surface area contributed by atoms with Crippen molar-refractivity contribution >= 4 is 47.1 Å². The summed E-state index contributed by atoms with van der Waals surface area (Å²) in [4.78, 5) is 5.72. The fraction of sp³-hybridized carbons (Fsp3) is 0.286. The maximum atomic E-state index is 12.7. The minimum atomic E-state index is -4.33. The molecule has 0 amide bonds. The first-order chi connectivity index (χ1) is 13.9. The molecule has 1 N–H and O–H groups in total. The lowest BCUT2D eigenvalue weighted by atomic mass is 10.0. The topological polar surface area (TPSA) is 24.9 Å². The number of fused-ring (bicyclic) bond motifs is 1. The van der Waals surface area contributed by atoms with Crippen molar-refractivity contribution in [1.29, 1.82) is 0 Å². The van der Waals surface area contributed by atoms with Gasteiger partial charge < -0.3 is 5.32 Å². The van der Waals surface area contributed by atoms with E-state index in [0.717, 1.165) is 58.7 Å². The molecule has 2 heterocycles. The summed E-state index contributed by atoms with van der Waals surface area (Å²) in [5.41, 5.74) is 3.59. The van der Waals surface area contributed by atoms with Gasteiger partial charge in [0.2, 0.25) is 0 Å². The van der Waals surface area contributed by atoms with Gasteiger partial charge in [-0.2, -0.15) is 13.2 Å². The van der Waals surface area contributed by atoms with Crippen LogP contribution in [0.15, 0.2) is 46.7 Å². The van der Waals surface area contributed by atoms with Crippen molar-refractivity contribution in [3.8, 4) is 10.6 Å². The fourth-order valence-electron chi connectivity index (χ4n) is 3.32. The Bertz CT molecular complexity index is 1000. The van der Waals surface area contributed by atoms with Crippen LogP contribution in [0.3, 0.4) is 0 Å². The summed E-state index contributed by atoms with van der Waals surface area (Å²) in [5.74, 6) is 0.667. The van der Waals surface area contributed by atoms with E-state index in [-0.39, 0.29) is 12.4 Å². The van der Waals surface area contributed by atoms with Gasteiger partial charge in [-0.25, -0.2) is 4.98 Å². The first kappa shape index (κ1) is 23.4. The van der Waals surface area contributed by atoms with E-state index in [4.69, 9.17) is 11.6 Å². The molecule has 2 aromatic carbocycles. The standard InChI is InChI=1S/C21H18ClF3N2S2.ClH/c22-18-6-3-13-7-9-26-10-8-17(13)19(18)28-11-16-12-29-20(27-16)14-1-4-15(5-2-14)21(23,24)25;/h1-6,12,26H,7-11H2;1H. The minimum absolute atomic E-state index is 0. The van der Waals surface area contributed by atoms with Gasteiger partial charge >= 0.3 is 6.18 Å². The Labute approximate surface area is 192 Å². The molecule has 0 spiro atoms. The first-order valence-corrected chi connectivity index (χ1v) is 11.4. The third kappa shape index (κ3) is 5.32. The van der Waals surface area contributed by atoms with Gasteiger partial charge in [0.25, 0.3) is 0 Å². The highest BCUT2D eigenvalue weighted by Crippen LogP contribution is 2.37. The zero-order valence-electron chi connectivity index (χ0n) is 15.8. The Balaban J connectivity index is 0.00000256. The molecular formula is C21H19Cl2F3N2S2. The Kier molecular flexibility index (Phi) is 7.74. The van der Waals surface area contributed by atoms with Gasteiger partial charge in [-0.15, -0.1) is 35.5 Å². The molecule has 0 unspecified atom stereocenters. The smallest absolute Gasteiger partial charge is 0.316 e. The third-order valence-corrected chi connectivity index (χ3v) is 7.37. The van der Waals surface area contributed by atoms with Crippen LogP contribution in [-0.2, 0) is 24.8 Å². The van der Waals surface area contributed by atoms with Crippen molar-refractivity contribution in [2.75, 3.05) is 13.1 Å². The second-order valence-corrected chi connectivity index (χ2v) is 9.02. The predicted molar refractivity (Wildman–Crippen MR) is 121 cm³/mol. The normalized spacial score (nSPS) is 14.0. The van der Waals surface area contributed by atoms with E-state index in [1.807, 2.05) is 11.4 Å². The van der Waals surface area contributed by atoms with Crippen molar-refractivity contribution in [1.82, 2.24) is 10.3 Å². The minimum Gasteiger partial charge on any atom is -0.316 e. The van der Waals surface area contributed by atoms with Gasteiger partial charge in [0.05, 0.1) is 16.3 Å². The molecule has 1 aliphatic rings. The number of benzene rings is 2. The van der Waals surface area contributed by atoms with E-state index in [2.05, 4.69) is 16.4 Å². The van der Waals surface area contributed by atoms with Gasteiger partial charge in [0.15, 0.2) is 0 Å². The number of hydrogen-bond acceptors (Lipinski definition) is 4. The SMILES string of the molecule is Cl.FC(F)(F)c1ccc(-c2nc(CSc3c(Cl)ccc4c3CCNCC4)cs2)cc1. The summed E-state index contributed by atoms with van der Waals surface area (Å²) >= 11 is 9.60. The maximum absolute atomic E-state index is 12.7. The number of halogens is 5. The van der Waals surface area contributed by atoms with Gasteiger partial charge in [-0.1, -0.05) is 29.8 Å². The van der Waals surface area contributed by atoms with Crippen LogP contribution in [0.2, 0.25) is 5.02 Å². The summed E-state index contributed by atoms with van der Waals surface area (Å²) in [7, 11) is 0. The Morgan fingerprint density at radius 2 is 1.80 bits per heavy atom. The van der Waals surface area contributed by atoms with Crippen LogP contribution in [0.25, 0.3) is 10.6 Å². The van der Waals surface area contributed by atoms with Crippen molar-refractivity contribution in [2.24, 2.45) is 0 Å². The molecule has 0 saturated heterocycles. The monoisotopic (exact) mass is 490 g/mol. The van der Waals surface area contributed by atoms with Gasteiger partial charge in [0, 0.05) is 21.6 Å². The van der Waals surface area contributed by atoms with E-state index < -0.39 is 11.7 Å². The molecule has 3 aromatic rings. The van der Waals surface area contributed by atoms with Crippen molar-refractivity contribution < 1.29 is 13.2 Å². The number of nitrogens with zero attached hydrogens (tertiary/aromatic N) is 1. The highest BCUT2D eigenvalue weighted by molar-refractivity contribution is 7.98. The Morgan fingerprint density at radius 3 is 2.53 bits per heavy atom. The number of alkyl halides is 3. The molecule has 0 saturated carbocycles. The molecule has 4 rings (SSSR count). The van der Waals surface area contributed by atoms with Gasteiger partial charge in [-0.3, -0.25) is 0 Å². The van der Waals surface area contributed by atoms with Crippen molar-refractivity contribution in [2.45, 2.75) is 29.7 Å². The van der Waals surface area contributed by atoms with Crippen LogP contribution >= 0.6 is 47.1 Å². The molecular weight excluding hydrogens is 472 g/mol. The Morgan fingerprint density at radius 1 is 1.07 bits per heavy atom. The van der Waals surface area contributed by atoms with Crippen LogP contribution in [0.4, 0.5) is 13.2 Å². The molecule has 9 heteroatoms. The van der Waals surface area contributed by atoms with Crippen LogP contribution in [0.5, 0.6) is 0 Å². The third-order valence-electron chi connectivity index (χ3n) is 4.81. The van der Waals surface area contributed by atoms with Crippen LogP contribution in [0.1, 0.15) is 22.4 Å². The fourth-order valence-corrected chi connectivity index (χ4v) is 5.65. The molecule has 30 heavy (non-hydrogen) atoms. The van der Waals surface area contributed by atoms with E-state index in [1.165, 1.54) is 34.6 Å².